The van der Waals surface area contributed by atoms with Crippen LogP contribution in [-0.2, 0) is 14.9 Å². The number of amides is 1. The summed E-state index contributed by atoms with van der Waals surface area (Å²) in [5.74, 6) is 0.637. The second-order valence-corrected chi connectivity index (χ2v) is 9.43. The highest BCUT2D eigenvalue weighted by Crippen LogP contribution is 2.42. The summed E-state index contributed by atoms with van der Waals surface area (Å²) >= 11 is 6.07. The summed E-state index contributed by atoms with van der Waals surface area (Å²) in [7, 11) is -1.39. The zero-order chi connectivity index (χ0) is 24.0. The van der Waals surface area contributed by atoms with Crippen molar-refractivity contribution in [3.8, 4) is 11.5 Å². The third-order valence-electron chi connectivity index (χ3n) is 5.27. The highest BCUT2D eigenvalue weighted by Gasteiger charge is 2.27. The van der Waals surface area contributed by atoms with Crippen LogP contribution in [0.3, 0.4) is 0 Å². The number of hydrogen-bond donors (Lipinski definition) is 1. The second-order valence-electron chi connectivity index (χ2n) is 7.51. The molecule has 1 amide bonds. The molecule has 1 aliphatic heterocycles. The molecular weight excluding hydrogens is 470 g/mol. The summed E-state index contributed by atoms with van der Waals surface area (Å²) in [5, 5.41) is 3.94. The van der Waals surface area contributed by atoms with Crippen LogP contribution in [0.2, 0.25) is 5.02 Å². The van der Waals surface area contributed by atoms with Crippen molar-refractivity contribution < 1.29 is 26.9 Å². The molecule has 0 atom stereocenters. The molecule has 3 rings (SSSR count). The number of hydrazone groups is 1. The molecule has 0 aliphatic carbocycles. The molecular formula is C22H26ClN3O6S. The lowest BCUT2D eigenvalue weighted by Gasteiger charge is -2.31. The lowest BCUT2D eigenvalue weighted by molar-refractivity contribution is 0.171. The number of ether oxygens (including phenoxy) is 2. The van der Waals surface area contributed by atoms with Crippen molar-refractivity contribution in [3.63, 3.8) is 0 Å². The normalized spacial score (nSPS) is 14.8. The highest BCUT2D eigenvalue weighted by atomic mass is 35.5. The number of nitrogens with zero attached hydrogens (tertiary/aromatic N) is 2. The quantitative estimate of drug-likeness (QED) is 0.268. The van der Waals surface area contributed by atoms with Gasteiger partial charge < -0.3 is 18.6 Å². The van der Waals surface area contributed by atoms with Crippen LogP contribution in [0.4, 0.5) is 4.79 Å². The summed E-state index contributed by atoms with van der Waals surface area (Å²) in [5.41, 5.74) is 3.99. The first-order chi connectivity index (χ1) is 15.7. The van der Waals surface area contributed by atoms with Crippen molar-refractivity contribution in [2.24, 2.45) is 5.10 Å². The largest absolute Gasteiger partial charge is 0.492 e. The van der Waals surface area contributed by atoms with Gasteiger partial charge in [-0.05, 0) is 49.4 Å². The predicted octanol–water partition coefficient (Wildman–Crippen LogP) is 3.90. The van der Waals surface area contributed by atoms with Crippen LogP contribution in [0.15, 0.2) is 46.4 Å². The van der Waals surface area contributed by atoms with E-state index in [0.29, 0.717) is 18.8 Å². The molecule has 1 N–H and O–H groups in total. The number of carbonyl (C=O) groups is 1. The lowest BCUT2D eigenvalue weighted by atomic mass is 9.88. The van der Waals surface area contributed by atoms with Crippen molar-refractivity contribution in [2.75, 3.05) is 27.3 Å². The average molecular weight is 496 g/mol. The fourth-order valence-electron chi connectivity index (χ4n) is 3.70. The molecule has 0 unspecified atom stereocenters. The molecule has 11 heteroatoms. The Balaban J connectivity index is 1.80. The number of halogens is 1. The number of benzene rings is 2. The summed E-state index contributed by atoms with van der Waals surface area (Å²) in [6, 6.07) is 9.74. The zero-order valence-corrected chi connectivity index (χ0v) is 20.1. The molecule has 0 spiro atoms. The lowest BCUT2D eigenvalue weighted by Crippen LogP contribution is -2.33. The van der Waals surface area contributed by atoms with E-state index in [1.54, 1.807) is 24.5 Å². The van der Waals surface area contributed by atoms with Gasteiger partial charge in [0, 0.05) is 18.7 Å². The molecule has 0 saturated carbocycles. The molecule has 0 bridgehead atoms. The maximum absolute atomic E-state index is 12.9. The monoisotopic (exact) mass is 495 g/mol. The van der Waals surface area contributed by atoms with Crippen LogP contribution in [0.5, 0.6) is 11.5 Å². The fourth-order valence-corrected chi connectivity index (χ4v) is 5.12. The van der Waals surface area contributed by atoms with Crippen molar-refractivity contribution in [2.45, 2.75) is 30.6 Å². The first-order valence-electron chi connectivity index (χ1n) is 10.2. The van der Waals surface area contributed by atoms with E-state index in [9.17, 15) is 13.2 Å². The Hall–Kier alpha value is -2.98. The Morgan fingerprint density at radius 2 is 1.91 bits per heavy atom. The minimum absolute atomic E-state index is 0.0834. The minimum atomic E-state index is -4.15. The smallest absolute Gasteiger partial charge is 0.427 e. The van der Waals surface area contributed by atoms with Crippen molar-refractivity contribution >= 4 is 34.2 Å². The van der Waals surface area contributed by atoms with E-state index >= 15 is 0 Å². The highest BCUT2D eigenvalue weighted by molar-refractivity contribution is 7.87. The summed E-state index contributed by atoms with van der Waals surface area (Å²) in [4.78, 5) is 13.0. The SMILES string of the molecule is COC(=O)NN=CN1CCC(c2cc(C)cc(OS(=O)(=O)c3ccccc3Cl)c2OC)CC1. The van der Waals surface area contributed by atoms with Gasteiger partial charge >= 0.3 is 16.2 Å². The number of methoxy groups -OCH3 is 2. The van der Waals surface area contributed by atoms with Crippen molar-refractivity contribution in [3.05, 3.63) is 52.5 Å². The predicted molar refractivity (Wildman–Crippen MR) is 125 cm³/mol. The number of nitrogens with one attached hydrogen (secondary N) is 1. The van der Waals surface area contributed by atoms with Crippen molar-refractivity contribution in [1.29, 1.82) is 0 Å². The van der Waals surface area contributed by atoms with E-state index < -0.39 is 16.2 Å². The van der Waals surface area contributed by atoms with Crippen LogP contribution >= 0.6 is 11.6 Å². The van der Waals surface area contributed by atoms with Gasteiger partial charge in [0.2, 0.25) is 0 Å². The molecule has 9 nitrogen and oxygen atoms in total. The summed E-state index contributed by atoms with van der Waals surface area (Å²) in [6.07, 6.45) is 2.48. The van der Waals surface area contributed by atoms with Crippen molar-refractivity contribution in [1.82, 2.24) is 10.3 Å². The zero-order valence-electron chi connectivity index (χ0n) is 18.6. The van der Waals surface area contributed by atoms with Crippen LogP contribution < -0.4 is 14.3 Å². The van der Waals surface area contributed by atoms with E-state index in [2.05, 4.69) is 15.3 Å². The molecule has 1 fully saturated rings. The van der Waals surface area contributed by atoms with E-state index in [-0.39, 0.29) is 21.6 Å². The Morgan fingerprint density at radius 1 is 1.21 bits per heavy atom. The number of likely N-dealkylation sites (tertiary alicyclic amines) is 1. The third-order valence-corrected chi connectivity index (χ3v) is 7.00. The first-order valence-corrected chi connectivity index (χ1v) is 12.0. The van der Waals surface area contributed by atoms with Crippen LogP contribution in [-0.4, -0.2) is 53.1 Å². The maximum Gasteiger partial charge on any atom is 0.427 e. The molecule has 0 radical (unpaired) electrons. The molecule has 2 aromatic rings. The topological polar surface area (TPSA) is 107 Å². The molecule has 1 saturated heterocycles. The number of aryl methyl sites for hydroxylation is 1. The van der Waals surface area contributed by atoms with Gasteiger partial charge in [0.05, 0.1) is 19.2 Å². The number of carbonyl (C=O) groups excluding carboxylic acids is 1. The molecule has 33 heavy (non-hydrogen) atoms. The average Bonchev–Trinajstić information content (AvgIpc) is 2.79. The molecule has 2 aromatic carbocycles. The van der Waals surface area contributed by atoms with Gasteiger partial charge in [-0.2, -0.15) is 13.5 Å². The van der Waals surface area contributed by atoms with E-state index in [1.165, 1.54) is 26.4 Å². The van der Waals surface area contributed by atoms with Gasteiger partial charge in [0.25, 0.3) is 0 Å². The number of rotatable bonds is 7. The van der Waals surface area contributed by atoms with Gasteiger partial charge in [-0.15, -0.1) is 0 Å². The van der Waals surface area contributed by atoms with Crippen LogP contribution in [0.25, 0.3) is 0 Å². The molecule has 1 aliphatic rings. The van der Waals surface area contributed by atoms with E-state index in [4.69, 9.17) is 20.5 Å². The Morgan fingerprint density at radius 3 is 2.55 bits per heavy atom. The number of piperidine rings is 1. The Labute approximate surface area is 198 Å². The Kier molecular flexibility index (Phi) is 8.04. The van der Waals surface area contributed by atoms with Crippen LogP contribution in [0.1, 0.15) is 29.9 Å². The standard InChI is InChI=1S/C22H26ClN3O6S/c1-15-12-17(16-8-10-26(11-9-16)14-24-25-22(27)31-3)21(30-2)19(13-15)32-33(28,29)20-7-5-4-6-18(20)23/h4-7,12-14,16H,8-11H2,1-3H3,(H,25,27). The maximum atomic E-state index is 12.9. The van der Waals surface area contributed by atoms with E-state index in [1.807, 2.05) is 17.9 Å². The van der Waals surface area contributed by atoms with Crippen LogP contribution in [0, 0.1) is 6.92 Å². The first kappa shape index (κ1) is 24.7. The second kappa shape index (κ2) is 10.8. The van der Waals surface area contributed by atoms with E-state index in [0.717, 1.165) is 24.0 Å². The summed E-state index contributed by atoms with van der Waals surface area (Å²) in [6.45, 7) is 3.27. The van der Waals surface area contributed by atoms with Gasteiger partial charge in [-0.25, -0.2) is 10.2 Å². The molecule has 0 aromatic heterocycles. The van der Waals surface area contributed by atoms with Gasteiger partial charge in [-0.3, -0.25) is 0 Å². The minimum Gasteiger partial charge on any atom is -0.492 e. The fraction of sp³-hybridized carbons (Fsp3) is 0.364. The van der Waals surface area contributed by atoms with Gasteiger partial charge in [-0.1, -0.05) is 29.8 Å². The third kappa shape index (κ3) is 6.08. The summed E-state index contributed by atoms with van der Waals surface area (Å²) < 4.78 is 41.3. The van der Waals surface area contributed by atoms with Gasteiger partial charge in [0.1, 0.15) is 11.2 Å². The van der Waals surface area contributed by atoms with Gasteiger partial charge in [0.15, 0.2) is 11.5 Å². The Bertz CT molecular complexity index is 1130. The molecule has 178 valence electrons. The number of hydrogen-bond acceptors (Lipinski definition) is 7. The molecule has 1 heterocycles.